The molecule has 2 saturated heterocycles. The summed E-state index contributed by atoms with van der Waals surface area (Å²) in [5.74, 6) is 0. The van der Waals surface area contributed by atoms with Crippen LogP contribution in [-0.2, 0) is 36.7 Å². The van der Waals surface area contributed by atoms with Crippen LogP contribution in [0.25, 0.3) is 0 Å². The van der Waals surface area contributed by atoms with E-state index in [1.54, 1.807) is 0 Å². The molecule has 2 fully saturated rings. The van der Waals surface area contributed by atoms with Crippen LogP contribution in [0.4, 0.5) is 0 Å². The van der Waals surface area contributed by atoms with Gasteiger partial charge in [0, 0.05) is 9.13 Å². The van der Waals surface area contributed by atoms with Gasteiger partial charge >= 0.3 is 16.5 Å². The van der Waals surface area contributed by atoms with Crippen LogP contribution >= 0.6 is 16.5 Å². The molecular formula is C12H22O8P2+2. The number of epoxide rings is 2. The molecule has 0 aliphatic carbocycles. The van der Waals surface area contributed by atoms with Gasteiger partial charge in [0.1, 0.15) is 38.6 Å². The van der Waals surface area contributed by atoms with Crippen molar-refractivity contribution in [3.8, 4) is 0 Å². The Hall–Kier alpha value is -0.0400. The van der Waals surface area contributed by atoms with Gasteiger partial charge in [-0.05, 0) is 12.8 Å². The maximum absolute atomic E-state index is 11.3. The van der Waals surface area contributed by atoms with E-state index in [4.69, 9.17) is 27.6 Å². The average Bonchev–Trinajstić information content (AvgIpc) is 3.39. The molecular weight excluding hydrogens is 334 g/mol. The quantitative estimate of drug-likeness (QED) is 0.251. The van der Waals surface area contributed by atoms with Crippen molar-refractivity contribution < 1.29 is 36.7 Å². The largest absolute Gasteiger partial charge is 0.697 e. The molecule has 8 nitrogen and oxygen atoms in total. The molecule has 2 aliphatic rings. The van der Waals surface area contributed by atoms with Gasteiger partial charge in [-0.25, -0.2) is 0 Å². The number of ether oxygens (including phenoxy) is 2. The van der Waals surface area contributed by atoms with Crippen LogP contribution < -0.4 is 0 Å². The molecule has 4 atom stereocenters. The fourth-order valence-corrected chi connectivity index (χ4v) is 2.81. The van der Waals surface area contributed by atoms with Crippen molar-refractivity contribution in [1.82, 2.24) is 0 Å². The summed E-state index contributed by atoms with van der Waals surface area (Å²) in [6.07, 6.45) is 3.63. The van der Waals surface area contributed by atoms with Gasteiger partial charge in [-0.15, -0.1) is 18.1 Å². The van der Waals surface area contributed by atoms with Crippen LogP contribution in [0.2, 0.25) is 0 Å². The van der Waals surface area contributed by atoms with Crippen LogP contribution in [0.1, 0.15) is 25.7 Å². The number of hydrogen-bond acceptors (Lipinski definition) is 8. The van der Waals surface area contributed by atoms with Crippen molar-refractivity contribution in [1.29, 1.82) is 0 Å². The van der Waals surface area contributed by atoms with Gasteiger partial charge in [-0.2, -0.15) is 0 Å². The second-order valence-electron chi connectivity index (χ2n) is 5.03. The standard InChI is InChI=1S/C12H22O8P2/c13-21(19-9-11-7-15-11)17-5-3-1-2-4-6-18-22(14)20-10-12-8-16-12/h11-12H,1-10H2/q+2. The minimum atomic E-state index is -2.03. The maximum Gasteiger partial charge on any atom is 0.697 e. The average molecular weight is 356 g/mol. The lowest BCUT2D eigenvalue weighted by Crippen LogP contribution is -1.98. The zero-order valence-electron chi connectivity index (χ0n) is 12.4. The maximum atomic E-state index is 11.3. The summed E-state index contributed by atoms with van der Waals surface area (Å²) in [7, 11) is -4.07. The van der Waals surface area contributed by atoms with E-state index in [0.717, 1.165) is 25.7 Å². The van der Waals surface area contributed by atoms with Gasteiger partial charge in [0.05, 0.1) is 13.2 Å². The molecule has 2 aliphatic heterocycles. The SMILES string of the molecule is O=[P+](OCCCCCCO[P+](=O)OCC1CO1)OCC1CO1. The molecule has 2 rings (SSSR count). The predicted molar refractivity (Wildman–Crippen MR) is 77.0 cm³/mol. The van der Waals surface area contributed by atoms with Crippen molar-refractivity contribution in [2.45, 2.75) is 37.9 Å². The molecule has 2 heterocycles. The molecule has 0 aromatic heterocycles. The number of rotatable bonds is 15. The van der Waals surface area contributed by atoms with E-state index in [2.05, 4.69) is 0 Å². The summed E-state index contributed by atoms with van der Waals surface area (Å²) in [6.45, 7) is 2.83. The Balaban J connectivity index is 1.28. The Morgan fingerprint density at radius 1 is 0.727 bits per heavy atom. The molecule has 0 saturated carbocycles. The normalized spacial score (nSPS) is 24.2. The highest BCUT2D eigenvalue weighted by Gasteiger charge is 2.30. The highest BCUT2D eigenvalue weighted by Crippen LogP contribution is 2.27. The summed E-state index contributed by atoms with van der Waals surface area (Å²) in [5.41, 5.74) is 0. The Morgan fingerprint density at radius 3 is 1.50 bits per heavy atom. The van der Waals surface area contributed by atoms with Gasteiger partial charge in [0.25, 0.3) is 0 Å². The van der Waals surface area contributed by atoms with E-state index in [1.165, 1.54) is 0 Å². The van der Waals surface area contributed by atoms with E-state index in [0.29, 0.717) is 39.6 Å². The minimum absolute atomic E-state index is 0.0924. The Bertz CT molecular complexity index is 325. The first-order valence-electron chi connectivity index (χ1n) is 7.43. The fourth-order valence-electron chi connectivity index (χ4n) is 1.53. The Kier molecular flexibility index (Phi) is 8.89. The van der Waals surface area contributed by atoms with Gasteiger partial charge in [-0.3, -0.25) is 0 Å². The highest BCUT2D eigenvalue weighted by atomic mass is 31.1. The van der Waals surface area contributed by atoms with E-state index < -0.39 is 16.5 Å². The first-order valence-corrected chi connectivity index (χ1v) is 9.62. The van der Waals surface area contributed by atoms with Crippen LogP contribution in [0, 0.1) is 0 Å². The molecule has 0 amide bonds. The number of unbranched alkanes of at least 4 members (excludes halogenated alkanes) is 3. The highest BCUT2D eigenvalue weighted by molar-refractivity contribution is 7.33. The molecule has 0 aromatic carbocycles. The zero-order valence-corrected chi connectivity index (χ0v) is 14.2. The van der Waals surface area contributed by atoms with Gasteiger partial charge in [-0.1, -0.05) is 12.8 Å². The van der Waals surface area contributed by atoms with Crippen molar-refractivity contribution in [3.63, 3.8) is 0 Å². The topological polar surface area (TPSA) is 96.1 Å². The molecule has 10 heteroatoms. The predicted octanol–water partition coefficient (Wildman–Crippen LogP) is 2.73. The second kappa shape index (κ2) is 10.7. The summed E-state index contributed by atoms with van der Waals surface area (Å²) < 4.78 is 52.4. The molecule has 0 spiro atoms. The first kappa shape index (κ1) is 18.3. The lowest BCUT2D eigenvalue weighted by Gasteiger charge is -1.96. The second-order valence-corrected chi connectivity index (χ2v) is 6.96. The lowest BCUT2D eigenvalue weighted by atomic mass is 10.2. The molecule has 0 aromatic rings. The Morgan fingerprint density at radius 2 is 1.14 bits per heavy atom. The van der Waals surface area contributed by atoms with Crippen molar-refractivity contribution in [2.24, 2.45) is 0 Å². The van der Waals surface area contributed by atoms with E-state index in [9.17, 15) is 9.13 Å². The van der Waals surface area contributed by atoms with Crippen molar-refractivity contribution >= 4 is 16.5 Å². The molecule has 0 bridgehead atoms. The van der Waals surface area contributed by atoms with Crippen LogP contribution in [0.5, 0.6) is 0 Å². The van der Waals surface area contributed by atoms with Crippen LogP contribution in [0.15, 0.2) is 0 Å². The third-order valence-electron chi connectivity index (χ3n) is 2.97. The third kappa shape index (κ3) is 9.87. The van der Waals surface area contributed by atoms with Gasteiger partial charge in [0.15, 0.2) is 0 Å². The smallest absolute Gasteiger partial charge is 0.370 e. The lowest BCUT2D eigenvalue weighted by molar-refractivity contribution is 0.199. The van der Waals surface area contributed by atoms with E-state index in [-0.39, 0.29) is 12.2 Å². The zero-order chi connectivity index (χ0) is 15.6. The first-order chi connectivity index (χ1) is 10.7. The van der Waals surface area contributed by atoms with Crippen LogP contribution in [0.3, 0.4) is 0 Å². The fraction of sp³-hybridized carbons (Fsp3) is 1.00. The molecule has 0 radical (unpaired) electrons. The van der Waals surface area contributed by atoms with Crippen LogP contribution in [-0.4, -0.2) is 51.8 Å². The summed E-state index contributed by atoms with van der Waals surface area (Å²) in [5, 5.41) is 0. The molecule has 22 heavy (non-hydrogen) atoms. The summed E-state index contributed by atoms with van der Waals surface area (Å²) in [4.78, 5) is 0. The monoisotopic (exact) mass is 356 g/mol. The van der Waals surface area contributed by atoms with E-state index >= 15 is 0 Å². The molecule has 126 valence electrons. The number of hydrogen-bond donors (Lipinski definition) is 0. The summed E-state index contributed by atoms with van der Waals surface area (Å²) in [6, 6.07) is 0. The molecule has 4 unspecified atom stereocenters. The molecule has 0 N–H and O–H groups in total. The van der Waals surface area contributed by atoms with Gasteiger partial charge in [0.2, 0.25) is 0 Å². The van der Waals surface area contributed by atoms with Crippen molar-refractivity contribution in [3.05, 3.63) is 0 Å². The van der Waals surface area contributed by atoms with Gasteiger partial charge < -0.3 is 9.47 Å². The minimum Gasteiger partial charge on any atom is -0.370 e. The van der Waals surface area contributed by atoms with Crippen molar-refractivity contribution in [2.75, 3.05) is 39.6 Å². The summed E-state index contributed by atoms with van der Waals surface area (Å²) >= 11 is 0. The van der Waals surface area contributed by atoms with E-state index in [1.807, 2.05) is 0 Å². The third-order valence-corrected chi connectivity index (χ3v) is 4.48. The Labute approximate surface area is 131 Å².